The number of rotatable bonds is 13. The van der Waals surface area contributed by atoms with Crippen LogP contribution in [0.25, 0.3) is 0 Å². The third kappa shape index (κ3) is 6.76. The second-order valence-electron chi connectivity index (χ2n) is 7.53. The lowest BCUT2D eigenvalue weighted by atomic mass is 10.1. The molecule has 2 aromatic rings. The fraction of sp³-hybridized carbons (Fsp3) is 0.385. The van der Waals surface area contributed by atoms with Crippen molar-refractivity contribution in [3.05, 3.63) is 35.4 Å². The van der Waals surface area contributed by atoms with E-state index in [0.29, 0.717) is 0 Å². The summed E-state index contributed by atoms with van der Waals surface area (Å²) < 4.78 is 51.3. The summed E-state index contributed by atoms with van der Waals surface area (Å²) >= 11 is 0. The van der Waals surface area contributed by atoms with Crippen molar-refractivity contribution in [3.63, 3.8) is 0 Å². The van der Waals surface area contributed by atoms with Crippen molar-refractivity contribution >= 4 is 23.9 Å². The molecule has 0 heterocycles. The van der Waals surface area contributed by atoms with Gasteiger partial charge in [0.05, 0.1) is 68.0 Å². The van der Waals surface area contributed by atoms with Gasteiger partial charge >= 0.3 is 23.9 Å². The molecule has 0 aliphatic rings. The lowest BCUT2D eigenvalue weighted by Gasteiger charge is -2.24. The minimum absolute atomic E-state index is 0.113. The largest absolute Gasteiger partial charge is 0.493 e. The number of carbonyl (C=O) groups excluding carboxylic acids is 4. The van der Waals surface area contributed by atoms with Crippen molar-refractivity contribution < 1.29 is 66.5 Å². The Morgan fingerprint density at radius 3 is 0.950 bits per heavy atom. The van der Waals surface area contributed by atoms with Crippen LogP contribution in [0.5, 0.6) is 34.5 Å². The van der Waals surface area contributed by atoms with E-state index in [4.69, 9.17) is 47.4 Å². The second kappa shape index (κ2) is 14.3. The maximum Gasteiger partial charge on any atom is 0.351 e. The number of benzene rings is 2. The van der Waals surface area contributed by atoms with Crippen LogP contribution in [0, 0.1) is 0 Å². The quantitative estimate of drug-likeness (QED) is 0.255. The first-order valence-corrected chi connectivity index (χ1v) is 11.3. The van der Waals surface area contributed by atoms with Gasteiger partial charge in [-0.05, 0) is 24.3 Å². The third-order valence-electron chi connectivity index (χ3n) is 5.41. The molecule has 0 aromatic heterocycles. The van der Waals surface area contributed by atoms with Gasteiger partial charge in [0.15, 0.2) is 23.0 Å². The number of hydrogen-bond donors (Lipinski definition) is 0. The Morgan fingerprint density at radius 1 is 0.475 bits per heavy atom. The van der Waals surface area contributed by atoms with E-state index in [2.05, 4.69) is 0 Å². The van der Waals surface area contributed by atoms with Crippen molar-refractivity contribution in [1.29, 1.82) is 0 Å². The Hall–Kier alpha value is -4.88. The average molecular weight is 567 g/mol. The zero-order valence-corrected chi connectivity index (χ0v) is 23.2. The molecule has 14 heteroatoms. The van der Waals surface area contributed by atoms with E-state index in [-0.39, 0.29) is 45.6 Å². The Morgan fingerprint density at radius 2 is 0.750 bits per heavy atom. The van der Waals surface area contributed by atoms with E-state index in [1.165, 1.54) is 66.9 Å². The van der Waals surface area contributed by atoms with E-state index < -0.39 is 36.1 Å². The molecule has 0 saturated heterocycles. The molecule has 40 heavy (non-hydrogen) atoms. The molecule has 0 radical (unpaired) electrons. The van der Waals surface area contributed by atoms with Crippen molar-refractivity contribution in [2.45, 2.75) is 12.2 Å². The summed E-state index contributed by atoms with van der Waals surface area (Å²) in [6.07, 6.45) is -4.15. The van der Waals surface area contributed by atoms with Gasteiger partial charge in [0, 0.05) is 0 Å². The monoisotopic (exact) mass is 566 g/mol. The second-order valence-corrected chi connectivity index (χ2v) is 7.53. The van der Waals surface area contributed by atoms with Crippen LogP contribution in [0.4, 0.5) is 0 Å². The normalized spacial score (nSPS) is 11.7. The molecule has 0 spiro atoms. The van der Waals surface area contributed by atoms with Gasteiger partial charge in [-0.3, -0.25) is 0 Å². The molecule has 2 rings (SSSR count). The first-order valence-electron chi connectivity index (χ1n) is 11.3. The molecular weight excluding hydrogens is 536 g/mol. The van der Waals surface area contributed by atoms with Crippen LogP contribution in [0.3, 0.4) is 0 Å². The molecule has 218 valence electrons. The lowest BCUT2D eigenvalue weighted by molar-refractivity contribution is -0.170. The molecule has 14 nitrogen and oxygen atoms in total. The van der Waals surface area contributed by atoms with Gasteiger partial charge in [-0.1, -0.05) is 0 Å². The predicted octanol–water partition coefficient (Wildman–Crippen LogP) is 1.84. The molecule has 2 aromatic carbocycles. The van der Waals surface area contributed by atoms with E-state index in [9.17, 15) is 19.2 Å². The van der Waals surface area contributed by atoms with E-state index in [1.807, 2.05) is 0 Å². The number of carbonyl (C=O) groups is 4. The first-order chi connectivity index (χ1) is 19.1. The van der Waals surface area contributed by atoms with Crippen LogP contribution in [0.15, 0.2) is 24.3 Å². The fourth-order valence-electron chi connectivity index (χ4n) is 3.46. The van der Waals surface area contributed by atoms with Crippen molar-refractivity contribution in [2.24, 2.45) is 0 Å². The molecule has 0 amide bonds. The highest BCUT2D eigenvalue weighted by Crippen LogP contribution is 2.39. The molecular formula is C26H30O14. The van der Waals surface area contributed by atoms with Gasteiger partial charge in [0.1, 0.15) is 0 Å². The highest BCUT2D eigenvalue weighted by atomic mass is 16.6. The SMILES string of the molecule is COC(=O)[C@@H](OC(=O)c1cc(OC)c(OC)c(OC)c1)[C@H](OC(=O)c1cc(OC)c(OC)c(OC)c1)C(=O)OC. The summed E-state index contributed by atoms with van der Waals surface area (Å²) in [5, 5.41) is 0. The standard InChI is InChI=1S/C26H30O14/c1-31-15-9-13(10-16(32-2)19(15)35-5)23(27)39-21(25(29)37-7)22(26(30)38-8)40-24(28)14-11-17(33-3)20(36-6)18(12-14)34-4/h9-12,21-22H,1-8H3/t21-,22-/m0/s1. The van der Waals surface area contributed by atoms with Gasteiger partial charge in [-0.2, -0.15) is 0 Å². The summed E-state index contributed by atoms with van der Waals surface area (Å²) in [5.74, 6) is -3.83. The summed E-state index contributed by atoms with van der Waals surface area (Å²) in [6.45, 7) is 0. The Bertz CT molecular complexity index is 1090. The summed E-state index contributed by atoms with van der Waals surface area (Å²) in [7, 11) is 10.0. The van der Waals surface area contributed by atoms with Gasteiger partial charge in [0.2, 0.25) is 23.7 Å². The molecule has 0 fully saturated rings. The first kappa shape index (κ1) is 31.3. The van der Waals surface area contributed by atoms with Gasteiger partial charge in [0.25, 0.3) is 0 Å². The topological polar surface area (TPSA) is 161 Å². The highest BCUT2D eigenvalue weighted by Gasteiger charge is 2.43. The smallest absolute Gasteiger partial charge is 0.351 e. The van der Waals surface area contributed by atoms with Gasteiger partial charge < -0.3 is 47.4 Å². The number of hydrogen-bond acceptors (Lipinski definition) is 14. The number of esters is 4. The van der Waals surface area contributed by atoms with Crippen LogP contribution >= 0.6 is 0 Å². The maximum atomic E-state index is 13.1. The maximum absolute atomic E-state index is 13.1. The zero-order valence-electron chi connectivity index (χ0n) is 23.2. The van der Waals surface area contributed by atoms with Crippen molar-refractivity contribution in [3.8, 4) is 34.5 Å². The Kier molecular flexibility index (Phi) is 11.2. The van der Waals surface area contributed by atoms with Gasteiger partial charge in [-0.25, -0.2) is 19.2 Å². The minimum Gasteiger partial charge on any atom is -0.493 e. The summed E-state index contributed by atoms with van der Waals surface area (Å²) in [6, 6.07) is 5.03. The molecule has 0 saturated carbocycles. The van der Waals surface area contributed by atoms with E-state index in [1.54, 1.807) is 0 Å². The van der Waals surface area contributed by atoms with Crippen LogP contribution < -0.4 is 28.4 Å². The molecule has 0 unspecified atom stereocenters. The Balaban J connectivity index is 2.49. The molecule has 2 atom stereocenters. The number of methoxy groups -OCH3 is 8. The lowest BCUT2D eigenvalue weighted by Crippen LogP contribution is -2.47. The van der Waals surface area contributed by atoms with Gasteiger partial charge in [-0.15, -0.1) is 0 Å². The summed E-state index contributed by atoms with van der Waals surface area (Å²) in [5.41, 5.74) is -0.300. The average Bonchev–Trinajstić information content (AvgIpc) is 2.99. The van der Waals surface area contributed by atoms with E-state index in [0.717, 1.165) is 14.2 Å². The minimum atomic E-state index is -2.07. The third-order valence-corrected chi connectivity index (χ3v) is 5.41. The summed E-state index contributed by atoms with van der Waals surface area (Å²) in [4.78, 5) is 51.5. The molecule has 0 aliphatic carbocycles. The number of ether oxygens (including phenoxy) is 10. The van der Waals surface area contributed by atoms with Crippen LogP contribution in [0.1, 0.15) is 20.7 Å². The predicted molar refractivity (Wildman–Crippen MR) is 135 cm³/mol. The molecule has 0 N–H and O–H groups in total. The fourth-order valence-corrected chi connectivity index (χ4v) is 3.46. The highest BCUT2D eigenvalue weighted by molar-refractivity contribution is 5.97. The van der Waals surface area contributed by atoms with Crippen LogP contribution in [-0.2, 0) is 28.5 Å². The Labute approximate surface area is 229 Å². The van der Waals surface area contributed by atoms with Crippen molar-refractivity contribution in [1.82, 2.24) is 0 Å². The van der Waals surface area contributed by atoms with Crippen LogP contribution in [-0.4, -0.2) is 93.0 Å². The van der Waals surface area contributed by atoms with Crippen LogP contribution in [0.2, 0.25) is 0 Å². The van der Waals surface area contributed by atoms with Crippen molar-refractivity contribution in [2.75, 3.05) is 56.9 Å². The molecule has 0 bridgehead atoms. The zero-order chi connectivity index (χ0) is 30.0. The van der Waals surface area contributed by atoms with E-state index >= 15 is 0 Å². The molecule has 0 aliphatic heterocycles.